The van der Waals surface area contributed by atoms with Gasteiger partial charge in [0.05, 0.1) is 30.8 Å². The second-order valence-corrected chi connectivity index (χ2v) is 8.18. The Hall–Kier alpha value is -1.78. The summed E-state index contributed by atoms with van der Waals surface area (Å²) >= 11 is 1.39. The SMILES string of the molecule is CC(O)C1C(=O)N2C(C(=O)O)=C(SC3COC(COC(N)=O)C3)C(C)C12. The molecule has 0 bridgehead atoms. The molecule has 6 atom stereocenters. The molecule has 0 aromatic heterocycles. The zero-order chi connectivity index (χ0) is 19.2. The van der Waals surface area contributed by atoms with Gasteiger partial charge in [0.15, 0.2) is 0 Å². The van der Waals surface area contributed by atoms with E-state index in [1.807, 2.05) is 6.92 Å². The van der Waals surface area contributed by atoms with E-state index in [2.05, 4.69) is 0 Å². The number of carboxylic acids is 1. The van der Waals surface area contributed by atoms with Gasteiger partial charge in [-0.1, -0.05) is 6.92 Å². The van der Waals surface area contributed by atoms with Crippen LogP contribution in [-0.2, 0) is 19.1 Å². The summed E-state index contributed by atoms with van der Waals surface area (Å²) in [6, 6.07) is -0.326. The average molecular weight is 386 g/mol. The average Bonchev–Trinajstić information content (AvgIpc) is 3.08. The Bertz CT molecular complexity index is 665. The normalized spacial score (nSPS) is 34.5. The lowest BCUT2D eigenvalue weighted by molar-refractivity contribution is -0.163. The number of nitrogens with two attached hydrogens (primary N) is 1. The standard InChI is InChI=1S/C16H22N2O7S/c1-6-11-10(7(2)19)14(20)18(11)12(15(21)22)13(6)26-9-3-8(24-5-9)4-25-16(17)23/h6-11,19H,3-5H2,1-2H3,(H2,17,23)(H,21,22). The van der Waals surface area contributed by atoms with E-state index in [4.69, 9.17) is 15.2 Å². The van der Waals surface area contributed by atoms with Crippen LogP contribution in [0.15, 0.2) is 10.6 Å². The number of thioether (sulfide) groups is 1. The highest BCUT2D eigenvalue weighted by atomic mass is 32.2. The van der Waals surface area contributed by atoms with Crippen molar-refractivity contribution in [3.8, 4) is 0 Å². The Morgan fingerprint density at radius 3 is 2.77 bits per heavy atom. The molecule has 0 aromatic rings. The van der Waals surface area contributed by atoms with Gasteiger partial charge in [-0.15, -0.1) is 11.8 Å². The van der Waals surface area contributed by atoms with E-state index in [0.29, 0.717) is 17.9 Å². The van der Waals surface area contributed by atoms with E-state index in [9.17, 15) is 24.6 Å². The molecule has 2 fully saturated rings. The first-order chi connectivity index (χ1) is 12.2. The second kappa shape index (κ2) is 7.09. The molecule has 0 radical (unpaired) electrons. The summed E-state index contributed by atoms with van der Waals surface area (Å²) in [6.45, 7) is 3.87. The monoisotopic (exact) mass is 386 g/mol. The molecule has 144 valence electrons. The molecular weight excluding hydrogens is 364 g/mol. The Balaban J connectivity index is 1.72. The Labute approximate surface area is 154 Å². The maximum Gasteiger partial charge on any atom is 0.404 e. The number of hydrogen-bond donors (Lipinski definition) is 3. The predicted octanol–water partition coefficient (Wildman–Crippen LogP) is 0.126. The smallest absolute Gasteiger partial charge is 0.404 e. The minimum absolute atomic E-state index is 0.00577. The zero-order valence-electron chi connectivity index (χ0n) is 14.5. The first-order valence-corrected chi connectivity index (χ1v) is 9.29. The summed E-state index contributed by atoms with van der Waals surface area (Å²) < 4.78 is 10.3. The summed E-state index contributed by atoms with van der Waals surface area (Å²) in [7, 11) is 0. The second-order valence-electron chi connectivity index (χ2n) is 6.83. The molecule has 9 nitrogen and oxygen atoms in total. The summed E-state index contributed by atoms with van der Waals surface area (Å²) in [5.41, 5.74) is 4.95. The summed E-state index contributed by atoms with van der Waals surface area (Å²) in [5, 5.41) is 19.4. The minimum atomic E-state index is -1.15. The fourth-order valence-electron chi connectivity index (χ4n) is 3.90. The third kappa shape index (κ3) is 3.17. The molecule has 2 amide bonds. The number of aliphatic carboxylic acids is 1. The topological polar surface area (TPSA) is 139 Å². The predicted molar refractivity (Wildman–Crippen MR) is 90.9 cm³/mol. The molecule has 0 aromatic carbocycles. The number of fused-ring (bicyclic) bond motifs is 1. The maximum atomic E-state index is 12.3. The van der Waals surface area contributed by atoms with Crippen molar-refractivity contribution in [3.05, 3.63) is 10.6 Å². The highest BCUT2D eigenvalue weighted by Crippen LogP contribution is 2.52. The van der Waals surface area contributed by atoms with Crippen molar-refractivity contribution < 1.29 is 34.1 Å². The van der Waals surface area contributed by atoms with Gasteiger partial charge in [-0.05, 0) is 13.3 Å². The molecule has 2 saturated heterocycles. The van der Waals surface area contributed by atoms with Crippen molar-refractivity contribution in [1.29, 1.82) is 0 Å². The first-order valence-electron chi connectivity index (χ1n) is 8.41. The molecule has 0 aliphatic carbocycles. The van der Waals surface area contributed by atoms with E-state index < -0.39 is 24.1 Å². The molecule has 10 heteroatoms. The Morgan fingerprint density at radius 2 is 2.19 bits per heavy atom. The van der Waals surface area contributed by atoms with Gasteiger partial charge in [0, 0.05) is 16.1 Å². The van der Waals surface area contributed by atoms with Crippen molar-refractivity contribution in [3.63, 3.8) is 0 Å². The van der Waals surface area contributed by atoms with Crippen LogP contribution in [0.2, 0.25) is 0 Å². The molecule has 26 heavy (non-hydrogen) atoms. The van der Waals surface area contributed by atoms with Crippen LogP contribution < -0.4 is 5.73 Å². The fourth-order valence-corrected chi connectivity index (χ4v) is 5.37. The number of rotatable bonds is 6. The van der Waals surface area contributed by atoms with Gasteiger partial charge in [0.1, 0.15) is 12.3 Å². The van der Waals surface area contributed by atoms with Crippen molar-refractivity contribution in [2.75, 3.05) is 13.2 Å². The molecule has 3 aliphatic heterocycles. The van der Waals surface area contributed by atoms with Gasteiger partial charge >= 0.3 is 12.1 Å². The van der Waals surface area contributed by atoms with E-state index in [-0.39, 0.29) is 41.5 Å². The minimum Gasteiger partial charge on any atom is -0.477 e. The highest BCUT2D eigenvalue weighted by Gasteiger charge is 2.60. The van der Waals surface area contributed by atoms with Gasteiger partial charge in [0.25, 0.3) is 0 Å². The summed E-state index contributed by atoms with van der Waals surface area (Å²) in [4.78, 5) is 36.7. The molecule has 3 rings (SSSR count). The fraction of sp³-hybridized carbons (Fsp3) is 0.688. The van der Waals surface area contributed by atoms with Crippen LogP contribution in [0, 0.1) is 11.8 Å². The number of primary amides is 1. The lowest BCUT2D eigenvalue weighted by atomic mass is 9.79. The molecule has 0 spiro atoms. The van der Waals surface area contributed by atoms with E-state index in [1.54, 1.807) is 6.92 Å². The van der Waals surface area contributed by atoms with Crippen molar-refractivity contribution >= 4 is 29.7 Å². The number of β-lactam (4-membered cyclic amide) rings is 1. The first kappa shape index (κ1) is 19.0. The van der Waals surface area contributed by atoms with Crippen LogP contribution in [0.5, 0.6) is 0 Å². The Morgan fingerprint density at radius 1 is 1.50 bits per heavy atom. The lowest BCUT2D eigenvalue weighted by Gasteiger charge is -2.46. The van der Waals surface area contributed by atoms with Crippen molar-refractivity contribution in [1.82, 2.24) is 4.90 Å². The highest BCUT2D eigenvalue weighted by molar-refractivity contribution is 8.03. The number of ether oxygens (including phenoxy) is 2. The van der Waals surface area contributed by atoms with Gasteiger partial charge in [-0.3, -0.25) is 4.79 Å². The zero-order valence-corrected chi connectivity index (χ0v) is 15.3. The van der Waals surface area contributed by atoms with Crippen LogP contribution in [0.3, 0.4) is 0 Å². The van der Waals surface area contributed by atoms with Crippen LogP contribution in [0.4, 0.5) is 4.79 Å². The van der Waals surface area contributed by atoms with Gasteiger partial charge in [-0.2, -0.15) is 0 Å². The van der Waals surface area contributed by atoms with E-state index in [1.165, 1.54) is 16.7 Å². The molecule has 6 unspecified atom stereocenters. The van der Waals surface area contributed by atoms with Crippen LogP contribution >= 0.6 is 11.8 Å². The van der Waals surface area contributed by atoms with Gasteiger partial charge in [0.2, 0.25) is 5.91 Å². The largest absolute Gasteiger partial charge is 0.477 e. The van der Waals surface area contributed by atoms with Crippen LogP contribution in [0.25, 0.3) is 0 Å². The van der Waals surface area contributed by atoms with Crippen molar-refractivity contribution in [2.24, 2.45) is 17.6 Å². The van der Waals surface area contributed by atoms with E-state index in [0.717, 1.165) is 0 Å². The summed E-state index contributed by atoms with van der Waals surface area (Å²) in [6.07, 6.45) is -1.39. The maximum absolute atomic E-state index is 12.3. The number of aliphatic hydroxyl groups excluding tert-OH is 1. The third-order valence-electron chi connectivity index (χ3n) is 5.06. The number of hydrogen-bond acceptors (Lipinski definition) is 7. The molecular formula is C16H22N2O7S. The molecule has 4 N–H and O–H groups in total. The number of carboxylic acid groups (broad SMARTS) is 1. The van der Waals surface area contributed by atoms with Gasteiger partial charge < -0.3 is 30.3 Å². The number of carbonyl (C=O) groups is 3. The van der Waals surface area contributed by atoms with Crippen LogP contribution in [-0.4, -0.2) is 69.8 Å². The lowest BCUT2D eigenvalue weighted by Crippen LogP contribution is -2.63. The number of carbonyl (C=O) groups excluding carboxylic acids is 2. The Kier molecular flexibility index (Phi) is 5.18. The molecule has 3 aliphatic rings. The number of nitrogens with zero attached hydrogens (tertiary/aromatic N) is 1. The van der Waals surface area contributed by atoms with Crippen LogP contribution in [0.1, 0.15) is 20.3 Å². The third-order valence-corrected chi connectivity index (χ3v) is 6.54. The molecule has 3 heterocycles. The van der Waals surface area contributed by atoms with Gasteiger partial charge in [-0.25, -0.2) is 9.59 Å². The quantitative estimate of drug-likeness (QED) is 0.547. The van der Waals surface area contributed by atoms with Crippen molar-refractivity contribution in [2.45, 2.75) is 43.8 Å². The summed E-state index contributed by atoms with van der Waals surface area (Å²) in [5.74, 6) is -2.25. The number of amides is 2. The number of aliphatic hydroxyl groups is 1. The molecule has 0 saturated carbocycles. The van der Waals surface area contributed by atoms with E-state index >= 15 is 0 Å².